The number of benzene rings is 2. The van der Waals surface area contributed by atoms with E-state index < -0.39 is 41.5 Å². The van der Waals surface area contributed by atoms with Crippen molar-refractivity contribution in [3.63, 3.8) is 0 Å². The van der Waals surface area contributed by atoms with Gasteiger partial charge in [0.05, 0.1) is 17.0 Å². The van der Waals surface area contributed by atoms with Gasteiger partial charge in [-0.2, -0.15) is 18.4 Å². The van der Waals surface area contributed by atoms with Gasteiger partial charge >= 0.3 is 6.18 Å². The minimum absolute atomic E-state index is 0.0798. The Kier molecular flexibility index (Phi) is 9.53. The summed E-state index contributed by atoms with van der Waals surface area (Å²) >= 11 is 0. The molecule has 0 aliphatic carbocycles. The molecule has 0 spiro atoms. The highest BCUT2D eigenvalue weighted by Crippen LogP contribution is 2.37. The number of hydrogen-bond acceptors (Lipinski definition) is 3. The summed E-state index contributed by atoms with van der Waals surface area (Å²) in [5, 5.41) is 12.5. The van der Waals surface area contributed by atoms with Crippen molar-refractivity contribution in [1.82, 2.24) is 10.2 Å². The first kappa shape index (κ1) is 29.2. The number of rotatable bonds is 10. The molecule has 2 atom stereocenters. The fourth-order valence-corrected chi connectivity index (χ4v) is 5.18. The molecule has 3 rings (SSSR count). The van der Waals surface area contributed by atoms with Crippen LogP contribution in [0.1, 0.15) is 69.1 Å². The molecule has 0 bridgehead atoms. The summed E-state index contributed by atoms with van der Waals surface area (Å²) in [6.45, 7) is 4.01. The Labute approximate surface area is 220 Å². The summed E-state index contributed by atoms with van der Waals surface area (Å²) in [7, 11) is 0. The number of nitrogens with zero attached hydrogens (tertiary/aromatic N) is 2. The van der Waals surface area contributed by atoms with Crippen LogP contribution in [-0.2, 0) is 27.7 Å². The van der Waals surface area contributed by atoms with Crippen LogP contribution in [-0.4, -0.2) is 29.3 Å². The molecule has 0 radical (unpaired) electrons. The lowest BCUT2D eigenvalue weighted by Gasteiger charge is -2.31. The van der Waals surface area contributed by atoms with Gasteiger partial charge in [0.25, 0.3) is 0 Å². The third kappa shape index (κ3) is 6.72. The average Bonchev–Trinajstić information content (AvgIpc) is 3.38. The van der Waals surface area contributed by atoms with E-state index in [4.69, 9.17) is 0 Å². The number of nitriles is 1. The molecule has 38 heavy (non-hydrogen) atoms. The predicted octanol–water partition coefficient (Wildman–Crippen LogP) is 6.13. The second-order valence-electron chi connectivity index (χ2n) is 10.1. The number of halogens is 4. The average molecular weight is 532 g/mol. The highest BCUT2D eigenvalue weighted by atomic mass is 19.4. The molecule has 1 unspecified atom stereocenters. The fourth-order valence-electron chi connectivity index (χ4n) is 5.18. The van der Waals surface area contributed by atoms with E-state index in [9.17, 15) is 32.4 Å². The molecular weight excluding hydrogens is 498 g/mol. The summed E-state index contributed by atoms with van der Waals surface area (Å²) in [5.74, 6) is -1.65. The van der Waals surface area contributed by atoms with E-state index in [2.05, 4.69) is 11.4 Å². The molecular formula is C29H33F4N3O2. The lowest BCUT2D eigenvalue weighted by molar-refractivity contribution is -0.139. The highest BCUT2D eigenvalue weighted by Gasteiger charge is 2.37. The first-order valence-electron chi connectivity index (χ1n) is 12.9. The van der Waals surface area contributed by atoms with Crippen LogP contribution in [0.2, 0.25) is 0 Å². The molecule has 1 saturated heterocycles. The largest absolute Gasteiger partial charge is 0.416 e. The summed E-state index contributed by atoms with van der Waals surface area (Å²) < 4.78 is 53.1. The fraction of sp³-hybridized carbons (Fsp3) is 0.483. The third-order valence-corrected chi connectivity index (χ3v) is 7.39. The maximum Gasteiger partial charge on any atom is 0.416 e. The molecule has 1 fully saturated rings. The van der Waals surface area contributed by atoms with Crippen molar-refractivity contribution in [1.29, 1.82) is 5.26 Å². The van der Waals surface area contributed by atoms with Crippen molar-refractivity contribution in [3.8, 4) is 6.07 Å². The monoisotopic (exact) mass is 531 g/mol. The SMILES string of the molecule is CC(C)C(C#N)(CCCCC(=O)N1CCC[C@@H]1C(=O)NCc1ccc(F)cc1C(F)(F)F)c1ccccc1. The topological polar surface area (TPSA) is 73.2 Å². The van der Waals surface area contributed by atoms with Gasteiger partial charge in [-0.25, -0.2) is 4.39 Å². The molecule has 1 aliphatic heterocycles. The van der Waals surface area contributed by atoms with Crippen LogP contribution in [0.15, 0.2) is 48.5 Å². The number of hydrogen-bond donors (Lipinski definition) is 1. The summed E-state index contributed by atoms with van der Waals surface area (Å²) in [4.78, 5) is 27.2. The molecule has 2 amide bonds. The molecule has 5 nitrogen and oxygen atoms in total. The van der Waals surface area contributed by atoms with E-state index in [0.29, 0.717) is 44.7 Å². The highest BCUT2D eigenvalue weighted by molar-refractivity contribution is 5.88. The van der Waals surface area contributed by atoms with E-state index in [0.717, 1.165) is 17.7 Å². The zero-order valence-electron chi connectivity index (χ0n) is 21.7. The standard InChI is InChI=1S/C29H33F4N3O2/c1-20(2)28(19-34,22-9-4-3-5-10-22)15-7-6-12-26(37)36-16-8-11-25(36)27(38)35-18-21-13-14-23(30)17-24(21)29(31,32)33/h3-5,9-10,13-14,17,20,25H,6-8,11-12,15-16,18H2,1-2H3,(H,35,38)/t25-,28?/m1/s1. The van der Waals surface area contributed by atoms with Crippen molar-refractivity contribution in [3.05, 3.63) is 71.0 Å². The second kappa shape index (κ2) is 12.4. The van der Waals surface area contributed by atoms with Crippen molar-refractivity contribution in [2.24, 2.45) is 5.92 Å². The Morgan fingerprint density at radius 1 is 1.13 bits per heavy atom. The minimum Gasteiger partial charge on any atom is -0.350 e. The number of carbonyl (C=O) groups excluding carboxylic acids is 2. The lowest BCUT2D eigenvalue weighted by Crippen LogP contribution is -2.45. The maximum atomic E-state index is 13.4. The predicted molar refractivity (Wildman–Crippen MR) is 135 cm³/mol. The van der Waals surface area contributed by atoms with Crippen LogP contribution in [0.5, 0.6) is 0 Å². The normalized spacial score (nSPS) is 17.2. The Morgan fingerprint density at radius 2 is 1.84 bits per heavy atom. The Balaban J connectivity index is 1.56. The van der Waals surface area contributed by atoms with E-state index in [1.807, 2.05) is 44.2 Å². The molecule has 9 heteroatoms. The Hall–Kier alpha value is -3.41. The lowest BCUT2D eigenvalue weighted by atomic mass is 9.69. The molecule has 1 aliphatic rings. The van der Waals surface area contributed by atoms with E-state index in [-0.39, 0.29) is 23.8 Å². The number of carbonyl (C=O) groups is 2. The number of nitrogens with one attached hydrogen (secondary N) is 1. The summed E-state index contributed by atoms with van der Waals surface area (Å²) in [5.41, 5.74) is -1.08. The van der Waals surface area contributed by atoms with Gasteiger partial charge in [0.15, 0.2) is 0 Å². The van der Waals surface area contributed by atoms with E-state index in [1.54, 1.807) is 0 Å². The van der Waals surface area contributed by atoms with Crippen LogP contribution in [0.4, 0.5) is 17.6 Å². The first-order valence-corrected chi connectivity index (χ1v) is 12.9. The van der Waals surface area contributed by atoms with Crippen molar-refractivity contribution >= 4 is 11.8 Å². The Bertz CT molecular complexity index is 1160. The second-order valence-corrected chi connectivity index (χ2v) is 10.1. The van der Waals surface area contributed by atoms with Crippen LogP contribution in [0, 0.1) is 23.1 Å². The number of unbranched alkanes of at least 4 members (excludes halogenated alkanes) is 1. The number of alkyl halides is 3. The molecule has 2 aromatic carbocycles. The molecule has 2 aromatic rings. The van der Waals surface area contributed by atoms with Crippen LogP contribution in [0.3, 0.4) is 0 Å². The Morgan fingerprint density at radius 3 is 2.47 bits per heavy atom. The molecule has 0 saturated carbocycles. The zero-order chi connectivity index (χ0) is 27.9. The molecule has 1 N–H and O–H groups in total. The van der Waals surface area contributed by atoms with Crippen molar-refractivity contribution < 1.29 is 27.2 Å². The smallest absolute Gasteiger partial charge is 0.350 e. The summed E-state index contributed by atoms with van der Waals surface area (Å²) in [6, 6.07) is 13.7. The minimum atomic E-state index is -4.75. The van der Waals surface area contributed by atoms with Crippen molar-refractivity contribution in [2.75, 3.05) is 6.54 Å². The van der Waals surface area contributed by atoms with E-state index in [1.165, 1.54) is 4.90 Å². The first-order chi connectivity index (χ1) is 18.0. The van der Waals surface area contributed by atoms with Gasteiger partial charge in [-0.1, -0.05) is 56.7 Å². The zero-order valence-corrected chi connectivity index (χ0v) is 21.7. The molecule has 204 valence electrons. The molecule has 1 heterocycles. The van der Waals surface area contributed by atoms with Crippen LogP contribution < -0.4 is 5.32 Å². The number of amides is 2. The van der Waals surface area contributed by atoms with Gasteiger partial charge < -0.3 is 10.2 Å². The van der Waals surface area contributed by atoms with Gasteiger partial charge in [-0.15, -0.1) is 0 Å². The van der Waals surface area contributed by atoms with Gasteiger partial charge in [0, 0.05) is 19.5 Å². The van der Waals surface area contributed by atoms with Crippen LogP contribution in [0.25, 0.3) is 0 Å². The summed E-state index contributed by atoms with van der Waals surface area (Å²) in [6.07, 6.45) is -1.69. The van der Waals surface area contributed by atoms with Gasteiger partial charge in [-0.05, 0) is 54.9 Å². The maximum absolute atomic E-state index is 13.4. The van der Waals surface area contributed by atoms with Gasteiger partial charge in [0.1, 0.15) is 11.9 Å². The third-order valence-electron chi connectivity index (χ3n) is 7.39. The number of likely N-dealkylation sites (tertiary alicyclic amines) is 1. The van der Waals surface area contributed by atoms with E-state index >= 15 is 0 Å². The van der Waals surface area contributed by atoms with Crippen molar-refractivity contribution in [2.45, 2.75) is 76.6 Å². The van der Waals surface area contributed by atoms with Crippen LogP contribution >= 0.6 is 0 Å². The quantitative estimate of drug-likeness (QED) is 0.296. The van der Waals surface area contributed by atoms with Gasteiger partial charge in [-0.3, -0.25) is 9.59 Å². The van der Waals surface area contributed by atoms with Gasteiger partial charge in [0.2, 0.25) is 11.8 Å². The molecule has 0 aromatic heterocycles.